The fraction of sp³-hybridized carbons (Fsp3) is 0.100. The van der Waals surface area contributed by atoms with Crippen LogP contribution in [0.25, 0.3) is 11.1 Å². The molecule has 0 radical (unpaired) electrons. The number of halogens is 2. The van der Waals surface area contributed by atoms with E-state index in [0.29, 0.717) is 0 Å². The van der Waals surface area contributed by atoms with Crippen LogP contribution in [0.15, 0.2) is 21.3 Å². The first-order valence-corrected chi connectivity index (χ1v) is 5.31. The van der Waals surface area contributed by atoms with Crippen molar-refractivity contribution in [2.24, 2.45) is 0 Å². The number of hydrogen-bond acceptors (Lipinski definition) is 5. The average molecular weight is 303 g/mol. The second-order valence-electron chi connectivity index (χ2n) is 3.20. The van der Waals surface area contributed by atoms with Crippen LogP contribution in [0.3, 0.4) is 0 Å². The zero-order chi connectivity index (χ0) is 12.6. The van der Waals surface area contributed by atoms with Gasteiger partial charge in [0.05, 0.1) is 28.9 Å². The number of methoxy groups -OCH3 is 1. The lowest BCUT2D eigenvalue weighted by Crippen LogP contribution is -1.93. The molecule has 2 rings (SSSR count). The van der Waals surface area contributed by atoms with Crippen LogP contribution >= 0.6 is 15.9 Å². The van der Waals surface area contributed by atoms with E-state index in [0.717, 1.165) is 0 Å². The topological polar surface area (TPSA) is 81.5 Å². The van der Waals surface area contributed by atoms with Gasteiger partial charge in [-0.15, -0.1) is 0 Å². The molecule has 0 aliphatic heterocycles. The summed E-state index contributed by atoms with van der Waals surface area (Å²) in [6.45, 7) is 0. The summed E-state index contributed by atoms with van der Waals surface area (Å²) in [5.41, 5.74) is 5.54. The number of hydrogen-bond donors (Lipinski definition) is 2. The molecule has 0 fully saturated rings. The molecule has 0 unspecified atom stereocenters. The van der Waals surface area contributed by atoms with Crippen molar-refractivity contribution in [3.63, 3.8) is 0 Å². The minimum Gasteiger partial charge on any atom is -0.504 e. The first-order chi connectivity index (χ1) is 8.06. The normalized spacial score (nSPS) is 10.5. The van der Waals surface area contributed by atoms with Crippen molar-refractivity contribution >= 4 is 21.8 Å². The number of rotatable bonds is 2. The molecule has 3 N–H and O–H groups in total. The lowest BCUT2D eigenvalue weighted by Gasteiger charge is -2.10. The van der Waals surface area contributed by atoms with E-state index in [4.69, 9.17) is 10.5 Å². The summed E-state index contributed by atoms with van der Waals surface area (Å²) >= 11 is 3.02. The van der Waals surface area contributed by atoms with Gasteiger partial charge in [0.25, 0.3) is 0 Å². The maximum atomic E-state index is 13.9. The van der Waals surface area contributed by atoms with E-state index in [2.05, 4.69) is 25.6 Å². The fourth-order valence-electron chi connectivity index (χ4n) is 1.43. The number of nitrogens with two attached hydrogens (primary N) is 1. The molecule has 0 aliphatic carbocycles. The van der Waals surface area contributed by atoms with Crippen LogP contribution in [-0.4, -0.2) is 17.4 Å². The maximum Gasteiger partial charge on any atom is 0.230 e. The average Bonchev–Trinajstić information content (AvgIpc) is 2.71. The Morgan fingerprint density at radius 1 is 1.59 bits per heavy atom. The van der Waals surface area contributed by atoms with Gasteiger partial charge in [0.1, 0.15) is 5.82 Å². The lowest BCUT2D eigenvalue weighted by atomic mass is 10.1. The number of aromatic hydroxyl groups is 1. The summed E-state index contributed by atoms with van der Waals surface area (Å²) in [7, 11) is 1.36. The molecular weight excluding hydrogens is 295 g/mol. The molecule has 90 valence electrons. The number of ether oxygens (including phenoxy) is 1. The van der Waals surface area contributed by atoms with Gasteiger partial charge in [0.15, 0.2) is 11.5 Å². The summed E-state index contributed by atoms with van der Waals surface area (Å²) in [6.07, 6.45) is 1.22. The summed E-state index contributed by atoms with van der Waals surface area (Å²) in [5.74, 6) is -0.991. The third kappa shape index (κ3) is 1.82. The standard InChI is InChI=1S/C10H8BrFN2O3/c1-16-6-2-5(11)8(12)7(9(6)15)4-3-14-17-10(4)13/h2-3,15H,13H2,1H3. The van der Waals surface area contributed by atoms with Crippen molar-refractivity contribution in [3.05, 3.63) is 22.6 Å². The Morgan fingerprint density at radius 3 is 2.82 bits per heavy atom. The molecule has 0 atom stereocenters. The Labute approximate surface area is 104 Å². The van der Waals surface area contributed by atoms with Crippen molar-refractivity contribution in [3.8, 4) is 22.6 Å². The number of aromatic nitrogens is 1. The van der Waals surface area contributed by atoms with Crippen LogP contribution in [0.1, 0.15) is 0 Å². The third-order valence-corrected chi connectivity index (χ3v) is 2.82. The highest BCUT2D eigenvalue weighted by atomic mass is 79.9. The minimum atomic E-state index is -0.668. The first-order valence-electron chi connectivity index (χ1n) is 4.51. The van der Waals surface area contributed by atoms with E-state index < -0.39 is 5.82 Å². The number of nitrogen functional groups attached to an aromatic ring is 1. The molecule has 0 spiro atoms. The highest BCUT2D eigenvalue weighted by Crippen LogP contribution is 2.44. The van der Waals surface area contributed by atoms with E-state index in [9.17, 15) is 9.50 Å². The smallest absolute Gasteiger partial charge is 0.230 e. The number of phenolic OH excluding ortho intramolecular Hbond substituents is 1. The van der Waals surface area contributed by atoms with E-state index >= 15 is 0 Å². The molecule has 17 heavy (non-hydrogen) atoms. The Bertz CT molecular complexity index is 571. The van der Waals surface area contributed by atoms with Crippen LogP contribution in [0, 0.1) is 5.82 Å². The van der Waals surface area contributed by atoms with Crippen molar-refractivity contribution < 1.29 is 18.8 Å². The number of anilines is 1. The Kier molecular flexibility index (Phi) is 2.93. The second-order valence-corrected chi connectivity index (χ2v) is 4.06. The third-order valence-electron chi connectivity index (χ3n) is 2.24. The van der Waals surface area contributed by atoms with Gasteiger partial charge in [-0.05, 0) is 15.9 Å². The molecule has 0 saturated heterocycles. The molecule has 1 aromatic heterocycles. The van der Waals surface area contributed by atoms with Gasteiger partial charge in [-0.1, -0.05) is 5.16 Å². The number of phenols is 1. The van der Waals surface area contributed by atoms with Gasteiger partial charge >= 0.3 is 0 Å². The van der Waals surface area contributed by atoms with Crippen LogP contribution in [0.2, 0.25) is 0 Å². The van der Waals surface area contributed by atoms with Gasteiger partial charge in [-0.2, -0.15) is 0 Å². The Balaban J connectivity index is 2.76. The Hall–Kier alpha value is -1.76. The molecule has 1 aromatic carbocycles. The molecule has 2 aromatic rings. The summed E-state index contributed by atoms with van der Waals surface area (Å²) < 4.78 is 23.6. The van der Waals surface area contributed by atoms with E-state index in [1.807, 2.05) is 0 Å². The summed E-state index contributed by atoms with van der Waals surface area (Å²) in [4.78, 5) is 0. The molecule has 0 bridgehead atoms. The van der Waals surface area contributed by atoms with Crippen LogP contribution < -0.4 is 10.5 Å². The summed E-state index contributed by atoms with van der Waals surface area (Å²) in [5, 5.41) is 13.3. The van der Waals surface area contributed by atoms with Crippen molar-refractivity contribution in [1.29, 1.82) is 0 Å². The number of nitrogens with zero attached hydrogens (tertiary/aromatic N) is 1. The van der Waals surface area contributed by atoms with Gasteiger partial charge in [-0.3, -0.25) is 0 Å². The fourth-order valence-corrected chi connectivity index (χ4v) is 1.84. The molecular formula is C10H8BrFN2O3. The SMILES string of the molecule is COc1cc(Br)c(F)c(-c2cnoc2N)c1O. The van der Waals surface area contributed by atoms with E-state index in [1.54, 1.807) is 0 Å². The first kappa shape index (κ1) is 11.7. The van der Waals surface area contributed by atoms with Crippen molar-refractivity contribution in [2.75, 3.05) is 12.8 Å². The molecule has 0 amide bonds. The predicted octanol–water partition coefficient (Wildman–Crippen LogP) is 2.54. The molecule has 1 heterocycles. The lowest BCUT2D eigenvalue weighted by molar-refractivity contribution is 0.371. The zero-order valence-corrected chi connectivity index (χ0v) is 10.3. The van der Waals surface area contributed by atoms with E-state index in [1.165, 1.54) is 19.4 Å². The zero-order valence-electron chi connectivity index (χ0n) is 8.70. The minimum absolute atomic E-state index is 0.0839. The Morgan fingerprint density at radius 2 is 2.29 bits per heavy atom. The van der Waals surface area contributed by atoms with Crippen molar-refractivity contribution in [2.45, 2.75) is 0 Å². The van der Waals surface area contributed by atoms with Crippen LogP contribution in [0.4, 0.5) is 10.3 Å². The van der Waals surface area contributed by atoms with E-state index in [-0.39, 0.29) is 33.0 Å². The highest BCUT2D eigenvalue weighted by Gasteiger charge is 2.22. The van der Waals surface area contributed by atoms with Crippen LogP contribution in [0.5, 0.6) is 11.5 Å². The van der Waals surface area contributed by atoms with Gasteiger partial charge in [0.2, 0.25) is 5.88 Å². The maximum absolute atomic E-state index is 13.9. The van der Waals surface area contributed by atoms with Crippen LogP contribution in [-0.2, 0) is 0 Å². The van der Waals surface area contributed by atoms with Gasteiger partial charge in [0, 0.05) is 6.07 Å². The quantitative estimate of drug-likeness (QED) is 0.891. The molecule has 0 saturated carbocycles. The molecule has 0 aliphatic rings. The number of benzene rings is 1. The van der Waals surface area contributed by atoms with Gasteiger partial charge in [-0.25, -0.2) is 4.39 Å². The second kappa shape index (κ2) is 4.25. The monoisotopic (exact) mass is 302 g/mol. The highest BCUT2D eigenvalue weighted by molar-refractivity contribution is 9.10. The summed E-state index contributed by atoms with van der Waals surface area (Å²) in [6, 6.07) is 1.32. The predicted molar refractivity (Wildman–Crippen MR) is 62.2 cm³/mol. The molecule has 5 nitrogen and oxygen atoms in total. The molecule has 7 heteroatoms. The largest absolute Gasteiger partial charge is 0.504 e. The van der Waals surface area contributed by atoms with Crippen molar-refractivity contribution in [1.82, 2.24) is 5.16 Å². The van der Waals surface area contributed by atoms with Gasteiger partial charge < -0.3 is 20.1 Å².